The van der Waals surface area contributed by atoms with E-state index in [0.717, 1.165) is 5.82 Å². The molecule has 0 saturated heterocycles. The summed E-state index contributed by atoms with van der Waals surface area (Å²) >= 11 is 0. The number of amides is 1. The van der Waals surface area contributed by atoms with E-state index in [1.54, 1.807) is 29.6 Å². The molecule has 0 unspecified atom stereocenters. The first-order chi connectivity index (χ1) is 9.59. The van der Waals surface area contributed by atoms with Crippen LogP contribution < -0.4 is 5.32 Å². The summed E-state index contributed by atoms with van der Waals surface area (Å²) in [6.07, 6.45) is 7.46. The standard InChI is InChI=1S/C13H20N6O/c1-10(2)19-9-16-17-12(19)4-5-15-13(20)11(3)18-7-6-14-8-18/h6-11H,4-5H2,1-3H3,(H,15,20)/t11-/m1/s1. The summed E-state index contributed by atoms with van der Waals surface area (Å²) in [7, 11) is 0. The average molecular weight is 276 g/mol. The van der Waals surface area contributed by atoms with Crippen molar-refractivity contribution in [2.24, 2.45) is 0 Å². The van der Waals surface area contributed by atoms with E-state index >= 15 is 0 Å². The molecule has 2 rings (SSSR count). The quantitative estimate of drug-likeness (QED) is 0.853. The minimum atomic E-state index is -0.263. The molecule has 0 fully saturated rings. The van der Waals surface area contributed by atoms with E-state index in [0.29, 0.717) is 19.0 Å². The highest BCUT2D eigenvalue weighted by molar-refractivity contribution is 5.79. The van der Waals surface area contributed by atoms with Crippen LogP contribution in [0.3, 0.4) is 0 Å². The number of aromatic nitrogens is 5. The van der Waals surface area contributed by atoms with Crippen molar-refractivity contribution in [3.63, 3.8) is 0 Å². The summed E-state index contributed by atoms with van der Waals surface area (Å²) in [6.45, 7) is 6.54. The van der Waals surface area contributed by atoms with E-state index in [9.17, 15) is 4.79 Å². The Morgan fingerprint density at radius 3 is 2.80 bits per heavy atom. The van der Waals surface area contributed by atoms with Gasteiger partial charge in [0, 0.05) is 31.4 Å². The zero-order valence-corrected chi connectivity index (χ0v) is 12.0. The largest absolute Gasteiger partial charge is 0.354 e. The predicted molar refractivity (Wildman–Crippen MR) is 74.1 cm³/mol. The summed E-state index contributed by atoms with van der Waals surface area (Å²) < 4.78 is 3.78. The fourth-order valence-corrected chi connectivity index (χ4v) is 1.96. The van der Waals surface area contributed by atoms with E-state index in [1.807, 2.05) is 11.5 Å². The third kappa shape index (κ3) is 3.23. The number of imidazole rings is 1. The van der Waals surface area contributed by atoms with E-state index in [-0.39, 0.29) is 11.9 Å². The van der Waals surface area contributed by atoms with Crippen molar-refractivity contribution in [3.8, 4) is 0 Å². The molecule has 0 aromatic carbocycles. The summed E-state index contributed by atoms with van der Waals surface area (Å²) in [5, 5.41) is 10.9. The number of nitrogens with zero attached hydrogens (tertiary/aromatic N) is 5. The molecule has 20 heavy (non-hydrogen) atoms. The first kappa shape index (κ1) is 14.2. The molecule has 7 heteroatoms. The fourth-order valence-electron chi connectivity index (χ4n) is 1.96. The Kier molecular flexibility index (Phi) is 4.49. The average Bonchev–Trinajstić information content (AvgIpc) is 3.08. The number of hydrogen-bond acceptors (Lipinski definition) is 4. The van der Waals surface area contributed by atoms with Crippen LogP contribution in [0.5, 0.6) is 0 Å². The van der Waals surface area contributed by atoms with E-state index in [1.165, 1.54) is 0 Å². The van der Waals surface area contributed by atoms with Gasteiger partial charge in [0.05, 0.1) is 6.33 Å². The zero-order valence-electron chi connectivity index (χ0n) is 12.0. The normalized spacial score (nSPS) is 12.6. The molecule has 0 saturated carbocycles. The van der Waals surface area contributed by atoms with Gasteiger partial charge in [-0.1, -0.05) is 0 Å². The molecule has 0 aliphatic rings. The Hall–Kier alpha value is -2.18. The van der Waals surface area contributed by atoms with Crippen molar-refractivity contribution in [2.45, 2.75) is 39.3 Å². The molecule has 108 valence electrons. The molecule has 0 spiro atoms. The van der Waals surface area contributed by atoms with Gasteiger partial charge in [-0.15, -0.1) is 10.2 Å². The first-order valence-corrected chi connectivity index (χ1v) is 6.73. The van der Waals surface area contributed by atoms with Crippen LogP contribution in [0.1, 0.15) is 38.7 Å². The maximum Gasteiger partial charge on any atom is 0.242 e. The molecule has 2 heterocycles. The smallest absolute Gasteiger partial charge is 0.242 e. The second-order valence-corrected chi connectivity index (χ2v) is 4.98. The van der Waals surface area contributed by atoms with Gasteiger partial charge in [0.25, 0.3) is 0 Å². The molecule has 2 aromatic rings. The van der Waals surface area contributed by atoms with Gasteiger partial charge in [-0.3, -0.25) is 4.79 Å². The molecule has 2 aromatic heterocycles. The van der Waals surface area contributed by atoms with Crippen LogP contribution in [-0.2, 0) is 11.2 Å². The maximum absolute atomic E-state index is 12.0. The molecule has 0 aliphatic heterocycles. The number of rotatable bonds is 6. The van der Waals surface area contributed by atoms with Gasteiger partial charge in [0.15, 0.2) is 0 Å². The summed E-state index contributed by atoms with van der Waals surface area (Å²) in [6, 6.07) is 0.0565. The summed E-state index contributed by atoms with van der Waals surface area (Å²) in [5.41, 5.74) is 0. The van der Waals surface area contributed by atoms with Crippen LogP contribution in [0.25, 0.3) is 0 Å². The maximum atomic E-state index is 12.0. The van der Waals surface area contributed by atoms with Crippen molar-refractivity contribution in [2.75, 3.05) is 6.54 Å². The predicted octanol–water partition coefficient (Wildman–Crippen LogP) is 0.975. The second kappa shape index (κ2) is 6.31. The molecule has 0 radical (unpaired) electrons. The third-order valence-electron chi connectivity index (χ3n) is 3.20. The van der Waals surface area contributed by atoms with Gasteiger partial charge in [0.2, 0.25) is 5.91 Å². The summed E-state index contributed by atoms with van der Waals surface area (Å²) in [5.74, 6) is 0.856. The van der Waals surface area contributed by atoms with Gasteiger partial charge < -0.3 is 14.5 Å². The van der Waals surface area contributed by atoms with E-state index < -0.39 is 0 Å². The minimum absolute atomic E-state index is 0.0291. The van der Waals surface area contributed by atoms with Gasteiger partial charge in [-0.2, -0.15) is 0 Å². The zero-order chi connectivity index (χ0) is 14.5. The Bertz CT molecular complexity index is 545. The number of carbonyl (C=O) groups is 1. The molecule has 0 aliphatic carbocycles. The Labute approximate surface area is 118 Å². The Morgan fingerprint density at radius 1 is 1.35 bits per heavy atom. The highest BCUT2D eigenvalue weighted by Crippen LogP contribution is 2.07. The number of hydrogen-bond donors (Lipinski definition) is 1. The van der Waals surface area contributed by atoms with Gasteiger partial charge >= 0.3 is 0 Å². The molecule has 0 bridgehead atoms. The number of carbonyl (C=O) groups excluding carboxylic acids is 1. The lowest BCUT2D eigenvalue weighted by atomic mass is 10.3. The van der Waals surface area contributed by atoms with Crippen LogP contribution in [0.2, 0.25) is 0 Å². The molecule has 7 nitrogen and oxygen atoms in total. The van der Waals surface area contributed by atoms with Crippen LogP contribution >= 0.6 is 0 Å². The second-order valence-electron chi connectivity index (χ2n) is 4.98. The molecular formula is C13H20N6O. The highest BCUT2D eigenvalue weighted by atomic mass is 16.2. The summed E-state index contributed by atoms with van der Waals surface area (Å²) in [4.78, 5) is 15.9. The molecule has 1 amide bonds. The lowest BCUT2D eigenvalue weighted by molar-refractivity contribution is -0.123. The van der Waals surface area contributed by atoms with Crippen molar-refractivity contribution in [1.29, 1.82) is 0 Å². The number of nitrogens with one attached hydrogen (secondary N) is 1. The van der Waals surface area contributed by atoms with Crippen LogP contribution in [0.4, 0.5) is 0 Å². The van der Waals surface area contributed by atoms with Crippen molar-refractivity contribution < 1.29 is 4.79 Å². The Balaban J connectivity index is 1.84. The molecule has 1 N–H and O–H groups in total. The van der Waals surface area contributed by atoms with Crippen molar-refractivity contribution >= 4 is 5.91 Å². The van der Waals surface area contributed by atoms with Crippen LogP contribution in [-0.4, -0.2) is 36.8 Å². The fraction of sp³-hybridized carbons (Fsp3) is 0.538. The van der Waals surface area contributed by atoms with Crippen LogP contribution in [0, 0.1) is 0 Å². The van der Waals surface area contributed by atoms with Gasteiger partial charge in [-0.05, 0) is 20.8 Å². The lowest BCUT2D eigenvalue weighted by Crippen LogP contribution is -2.32. The third-order valence-corrected chi connectivity index (χ3v) is 3.20. The van der Waals surface area contributed by atoms with E-state index in [4.69, 9.17) is 0 Å². The van der Waals surface area contributed by atoms with Crippen molar-refractivity contribution in [3.05, 3.63) is 30.9 Å². The van der Waals surface area contributed by atoms with E-state index in [2.05, 4.69) is 34.3 Å². The minimum Gasteiger partial charge on any atom is -0.354 e. The van der Waals surface area contributed by atoms with Gasteiger partial charge in [0.1, 0.15) is 18.2 Å². The molecule has 1 atom stereocenters. The van der Waals surface area contributed by atoms with Crippen LogP contribution in [0.15, 0.2) is 25.0 Å². The lowest BCUT2D eigenvalue weighted by Gasteiger charge is -2.14. The SMILES string of the molecule is CC(C)n1cnnc1CCNC(=O)[C@@H](C)n1ccnc1. The highest BCUT2D eigenvalue weighted by Gasteiger charge is 2.14. The first-order valence-electron chi connectivity index (χ1n) is 6.73. The van der Waals surface area contributed by atoms with Gasteiger partial charge in [-0.25, -0.2) is 4.98 Å². The molecular weight excluding hydrogens is 256 g/mol. The van der Waals surface area contributed by atoms with Crippen molar-refractivity contribution in [1.82, 2.24) is 29.6 Å². The topological polar surface area (TPSA) is 77.6 Å². The monoisotopic (exact) mass is 276 g/mol. The Morgan fingerprint density at radius 2 is 2.15 bits per heavy atom.